The summed E-state index contributed by atoms with van der Waals surface area (Å²) in [6.45, 7) is 4.93. The number of nitrogens with zero attached hydrogens (tertiary/aromatic N) is 5. The minimum atomic E-state index is 0.170. The predicted octanol–water partition coefficient (Wildman–Crippen LogP) is 4.21. The minimum Gasteiger partial charge on any atom is -0.497 e. The van der Waals surface area contributed by atoms with Crippen molar-refractivity contribution in [3.63, 3.8) is 0 Å². The molecule has 0 radical (unpaired) electrons. The summed E-state index contributed by atoms with van der Waals surface area (Å²) in [5, 5.41) is 6.70. The highest BCUT2D eigenvalue weighted by atomic mass is 16.5. The van der Waals surface area contributed by atoms with Crippen molar-refractivity contribution in [3.05, 3.63) is 60.6 Å². The fourth-order valence-corrected chi connectivity index (χ4v) is 3.28. The van der Waals surface area contributed by atoms with E-state index in [0.717, 1.165) is 41.5 Å². The van der Waals surface area contributed by atoms with E-state index in [1.54, 1.807) is 19.6 Å². The summed E-state index contributed by atoms with van der Waals surface area (Å²) in [6.07, 6.45) is 4.18. The number of fused-ring (bicyclic) bond motifs is 1. The molecule has 0 saturated carbocycles. The van der Waals surface area contributed by atoms with E-state index >= 15 is 0 Å². The summed E-state index contributed by atoms with van der Waals surface area (Å²) in [5.74, 6) is 3.00. The molecule has 0 aliphatic heterocycles. The molecule has 0 aliphatic carbocycles. The largest absolute Gasteiger partial charge is 0.497 e. The highest BCUT2D eigenvalue weighted by molar-refractivity contribution is 5.85. The molecule has 8 nitrogen and oxygen atoms in total. The van der Waals surface area contributed by atoms with Crippen LogP contribution in [0.2, 0.25) is 0 Å². The first-order valence-electron chi connectivity index (χ1n) is 9.93. The second kappa shape index (κ2) is 8.77. The van der Waals surface area contributed by atoms with Crippen molar-refractivity contribution in [2.75, 3.05) is 24.3 Å². The van der Waals surface area contributed by atoms with Crippen molar-refractivity contribution >= 4 is 28.7 Å². The van der Waals surface area contributed by atoms with Crippen molar-refractivity contribution in [2.24, 2.45) is 0 Å². The highest BCUT2D eigenvalue weighted by Crippen LogP contribution is 2.28. The lowest BCUT2D eigenvalue weighted by Gasteiger charge is -2.13. The molecule has 3 aromatic heterocycles. The van der Waals surface area contributed by atoms with Crippen LogP contribution >= 0.6 is 0 Å². The number of anilines is 3. The van der Waals surface area contributed by atoms with Crippen LogP contribution < -0.4 is 15.4 Å². The number of aromatic nitrogens is 5. The van der Waals surface area contributed by atoms with Gasteiger partial charge in [-0.1, -0.05) is 18.2 Å². The predicted molar refractivity (Wildman–Crippen MR) is 118 cm³/mol. The van der Waals surface area contributed by atoms with E-state index in [2.05, 4.69) is 56.1 Å². The maximum Gasteiger partial charge on any atom is 0.211 e. The van der Waals surface area contributed by atoms with E-state index in [1.807, 2.05) is 30.3 Å². The maximum atomic E-state index is 5.21. The van der Waals surface area contributed by atoms with Crippen LogP contribution in [0, 0.1) is 0 Å². The molecule has 2 N–H and O–H groups in total. The van der Waals surface area contributed by atoms with Gasteiger partial charge in [-0.3, -0.25) is 4.57 Å². The van der Waals surface area contributed by atoms with Gasteiger partial charge in [-0.05, 0) is 50.1 Å². The SMILES string of the molecule is COc1ccc(CCNc2ncnc3c2nc(Nc2ccccn2)n3C(C)C)cc1. The van der Waals surface area contributed by atoms with Crippen molar-refractivity contribution in [2.45, 2.75) is 26.3 Å². The Morgan fingerprint density at radius 3 is 2.57 bits per heavy atom. The van der Waals surface area contributed by atoms with Crippen LogP contribution in [-0.4, -0.2) is 38.2 Å². The van der Waals surface area contributed by atoms with E-state index in [1.165, 1.54) is 5.56 Å². The summed E-state index contributed by atoms with van der Waals surface area (Å²) >= 11 is 0. The molecule has 0 unspecified atom stereocenters. The molecule has 30 heavy (non-hydrogen) atoms. The first-order chi connectivity index (χ1) is 14.7. The number of imidazole rings is 1. The first-order valence-corrected chi connectivity index (χ1v) is 9.93. The third-order valence-electron chi connectivity index (χ3n) is 4.76. The number of rotatable bonds is 8. The fraction of sp³-hybridized carbons (Fsp3) is 0.273. The van der Waals surface area contributed by atoms with Crippen molar-refractivity contribution in [1.82, 2.24) is 24.5 Å². The van der Waals surface area contributed by atoms with Gasteiger partial charge in [0.2, 0.25) is 5.95 Å². The summed E-state index contributed by atoms with van der Waals surface area (Å²) in [6, 6.07) is 14.0. The Labute approximate surface area is 175 Å². The molecule has 4 aromatic rings. The summed E-state index contributed by atoms with van der Waals surface area (Å²) < 4.78 is 7.27. The van der Waals surface area contributed by atoms with Gasteiger partial charge in [0.1, 0.15) is 17.9 Å². The van der Waals surface area contributed by atoms with E-state index in [-0.39, 0.29) is 6.04 Å². The lowest BCUT2D eigenvalue weighted by molar-refractivity contribution is 0.414. The molecular weight excluding hydrogens is 378 g/mol. The molecule has 0 bridgehead atoms. The van der Waals surface area contributed by atoms with Crippen LogP contribution in [0.5, 0.6) is 5.75 Å². The Morgan fingerprint density at radius 2 is 1.87 bits per heavy atom. The molecule has 8 heteroatoms. The molecule has 3 heterocycles. The number of pyridine rings is 1. The van der Waals surface area contributed by atoms with Crippen LogP contribution in [0.25, 0.3) is 11.2 Å². The number of hydrogen-bond acceptors (Lipinski definition) is 7. The maximum absolute atomic E-state index is 5.21. The lowest BCUT2D eigenvalue weighted by Crippen LogP contribution is -2.08. The van der Waals surface area contributed by atoms with Crippen LogP contribution in [0.1, 0.15) is 25.5 Å². The number of nitrogens with one attached hydrogen (secondary N) is 2. The van der Waals surface area contributed by atoms with Crippen LogP contribution in [-0.2, 0) is 6.42 Å². The molecule has 0 fully saturated rings. The summed E-state index contributed by atoms with van der Waals surface area (Å²) in [7, 11) is 1.67. The third-order valence-corrected chi connectivity index (χ3v) is 4.76. The average molecular weight is 403 g/mol. The Morgan fingerprint density at radius 1 is 1.03 bits per heavy atom. The van der Waals surface area contributed by atoms with Crippen molar-refractivity contribution in [3.8, 4) is 5.75 Å². The van der Waals surface area contributed by atoms with E-state index in [0.29, 0.717) is 5.95 Å². The van der Waals surface area contributed by atoms with Gasteiger partial charge >= 0.3 is 0 Å². The molecule has 0 atom stereocenters. The van der Waals surface area contributed by atoms with Crippen LogP contribution in [0.3, 0.4) is 0 Å². The van der Waals surface area contributed by atoms with E-state index in [9.17, 15) is 0 Å². The quantitative estimate of drug-likeness (QED) is 0.455. The van der Waals surface area contributed by atoms with Gasteiger partial charge in [0, 0.05) is 18.8 Å². The number of hydrogen-bond donors (Lipinski definition) is 2. The molecule has 1 aromatic carbocycles. The van der Waals surface area contributed by atoms with Crippen molar-refractivity contribution < 1.29 is 4.74 Å². The molecular formula is C22H25N7O. The van der Waals surface area contributed by atoms with Crippen LogP contribution in [0.4, 0.5) is 17.6 Å². The van der Waals surface area contributed by atoms with Gasteiger partial charge in [0.15, 0.2) is 17.0 Å². The second-order valence-corrected chi connectivity index (χ2v) is 7.16. The molecule has 0 aliphatic rings. The summed E-state index contributed by atoms with van der Waals surface area (Å²) in [4.78, 5) is 18.0. The van der Waals surface area contributed by atoms with Gasteiger partial charge in [-0.2, -0.15) is 0 Å². The highest BCUT2D eigenvalue weighted by Gasteiger charge is 2.18. The Kier molecular flexibility index (Phi) is 5.74. The Hall–Kier alpha value is -3.68. The van der Waals surface area contributed by atoms with Gasteiger partial charge < -0.3 is 15.4 Å². The molecule has 0 saturated heterocycles. The summed E-state index contributed by atoms with van der Waals surface area (Å²) in [5.41, 5.74) is 2.74. The second-order valence-electron chi connectivity index (χ2n) is 7.16. The zero-order chi connectivity index (χ0) is 20.9. The van der Waals surface area contributed by atoms with Gasteiger partial charge in [0.25, 0.3) is 0 Å². The Bertz CT molecular complexity index is 1110. The normalized spacial score (nSPS) is 11.1. The number of benzene rings is 1. The van der Waals surface area contributed by atoms with E-state index < -0.39 is 0 Å². The van der Waals surface area contributed by atoms with Gasteiger partial charge in [-0.25, -0.2) is 19.9 Å². The first kappa shape index (κ1) is 19.6. The lowest BCUT2D eigenvalue weighted by atomic mass is 10.1. The van der Waals surface area contributed by atoms with Crippen molar-refractivity contribution in [1.29, 1.82) is 0 Å². The molecule has 0 spiro atoms. The third kappa shape index (κ3) is 4.17. The smallest absolute Gasteiger partial charge is 0.211 e. The topological polar surface area (TPSA) is 89.8 Å². The molecule has 4 rings (SSSR count). The van der Waals surface area contributed by atoms with Gasteiger partial charge in [-0.15, -0.1) is 0 Å². The Balaban J connectivity index is 1.56. The monoisotopic (exact) mass is 403 g/mol. The average Bonchev–Trinajstić information content (AvgIpc) is 3.14. The number of methoxy groups -OCH3 is 1. The van der Waals surface area contributed by atoms with Gasteiger partial charge in [0.05, 0.1) is 7.11 Å². The fourth-order valence-electron chi connectivity index (χ4n) is 3.28. The molecule has 154 valence electrons. The zero-order valence-electron chi connectivity index (χ0n) is 17.3. The van der Waals surface area contributed by atoms with E-state index in [4.69, 9.17) is 9.72 Å². The zero-order valence-corrected chi connectivity index (χ0v) is 17.3. The minimum absolute atomic E-state index is 0.170. The van der Waals surface area contributed by atoms with Crippen LogP contribution in [0.15, 0.2) is 55.0 Å². The molecule has 0 amide bonds. The standard InChI is InChI=1S/C22H25N7O/c1-15(2)29-21-19(28-22(29)27-18-6-4-5-12-23-18)20(25-14-26-21)24-13-11-16-7-9-17(30-3)10-8-16/h4-10,12,14-15H,11,13H2,1-3H3,(H,23,27,28)(H,24,25,26). The number of ether oxygens (including phenoxy) is 1.